The smallest absolute Gasteiger partial charge is 0.255 e. The molecule has 102 valence electrons. The molecule has 1 aromatic rings. The molecule has 2 N–H and O–H groups in total. The van der Waals surface area contributed by atoms with Gasteiger partial charge in [0, 0.05) is 12.6 Å². The van der Waals surface area contributed by atoms with Crippen LogP contribution < -0.4 is 5.73 Å². The summed E-state index contributed by atoms with van der Waals surface area (Å²) in [5.74, 6) is -0.645. The van der Waals surface area contributed by atoms with E-state index in [0.717, 1.165) is 12.0 Å². The Labute approximate surface area is 112 Å². The monoisotopic (exact) mass is 262 g/mol. The van der Waals surface area contributed by atoms with Crippen LogP contribution in [0.15, 0.2) is 24.3 Å². The summed E-state index contributed by atoms with van der Waals surface area (Å²) in [5, 5.41) is 0. The van der Waals surface area contributed by atoms with E-state index >= 15 is 0 Å². The first-order valence-corrected chi connectivity index (χ1v) is 6.37. The van der Waals surface area contributed by atoms with Crippen molar-refractivity contribution in [3.05, 3.63) is 35.4 Å². The van der Waals surface area contributed by atoms with Crippen molar-refractivity contribution < 1.29 is 14.3 Å². The Bertz CT molecular complexity index is 454. The number of nitrogens with two attached hydrogens (primary N) is 1. The summed E-state index contributed by atoms with van der Waals surface area (Å²) in [6.45, 7) is 2.19. The standard InChI is InChI=1S/C14H18N2O3/c1-2-10-3-5-11(6-4-10)12(15)7-16-13(17)8-19-9-14(16)18/h3-6,12H,2,7-9,15H2,1H3. The average Bonchev–Trinajstić information content (AvgIpc) is 2.43. The van der Waals surface area contributed by atoms with Gasteiger partial charge < -0.3 is 10.5 Å². The Hall–Kier alpha value is -1.72. The molecule has 1 unspecified atom stereocenters. The van der Waals surface area contributed by atoms with Crippen LogP contribution in [-0.4, -0.2) is 36.5 Å². The Morgan fingerprint density at radius 2 is 1.79 bits per heavy atom. The van der Waals surface area contributed by atoms with E-state index < -0.39 is 0 Å². The van der Waals surface area contributed by atoms with Crippen molar-refractivity contribution in [3.8, 4) is 0 Å². The highest BCUT2D eigenvalue weighted by Crippen LogP contribution is 2.15. The summed E-state index contributed by atoms with van der Waals surface area (Å²) in [7, 11) is 0. The first-order valence-electron chi connectivity index (χ1n) is 6.37. The van der Waals surface area contributed by atoms with Crippen molar-refractivity contribution >= 4 is 11.8 Å². The average molecular weight is 262 g/mol. The Morgan fingerprint density at radius 1 is 1.21 bits per heavy atom. The lowest BCUT2D eigenvalue weighted by Gasteiger charge is -2.27. The minimum absolute atomic E-state index is 0.0484. The molecule has 1 aromatic carbocycles. The third-order valence-electron chi connectivity index (χ3n) is 3.25. The zero-order valence-electron chi connectivity index (χ0n) is 11.0. The van der Waals surface area contributed by atoms with Crippen molar-refractivity contribution in [3.63, 3.8) is 0 Å². The number of rotatable bonds is 4. The van der Waals surface area contributed by atoms with Gasteiger partial charge in [-0.05, 0) is 17.5 Å². The summed E-state index contributed by atoms with van der Waals surface area (Å²) >= 11 is 0. The first kappa shape index (κ1) is 13.7. The molecule has 1 saturated heterocycles. The van der Waals surface area contributed by atoms with E-state index in [4.69, 9.17) is 10.5 Å². The minimum Gasteiger partial charge on any atom is -0.362 e. The molecular weight excluding hydrogens is 244 g/mol. The second kappa shape index (κ2) is 5.95. The number of imide groups is 1. The highest BCUT2D eigenvalue weighted by molar-refractivity contribution is 5.98. The number of ether oxygens (including phenoxy) is 1. The lowest BCUT2D eigenvalue weighted by molar-refractivity contribution is -0.158. The van der Waals surface area contributed by atoms with Gasteiger partial charge in [0.05, 0.1) is 0 Å². The molecule has 0 saturated carbocycles. The fourth-order valence-electron chi connectivity index (χ4n) is 2.03. The van der Waals surface area contributed by atoms with Crippen molar-refractivity contribution in [2.45, 2.75) is 19.4 Å². The van der Waals surface area contributed by atoms with Crippen LogP contribution in [0, 0.1) is 0 Å². The maximum Gasteiger partial charge on any atom is 0.255 e. The second-order valence-corrected chi connectivity index (χ2v) is 4.59. The predicted molar refractivity (Wildman–Crippen MR) is 70.3 cm³/mol. The molecule has 0 spiro atoms. The number of nitrogens with zero attached hydrogens (tertiary/aromatic N) is 1. The lowest BCUT2D eigenvalue weighted by atomic mass is 10.0. The van der Waals surface area contributed by atoms with Gasteiger partial charge in [-0.1, -0.05) is 31.2 Å². The Morgan fingerprint density at radius 3 is 2.32 bits per heavy atom. The Balaban J connectivity index is 2.04. The molecule has 1 atom stereocenters. The molecule has 1 heterocycles. The van der Waals surface area contributed by atoms with Crippen LogP contribution in [0.5, 0.6) is 0 Å². The maximum absolute atomic E-state index is 11.6. The van der Waals surface area contributed by atoms with Crippen LogP contribution in [-0.2, 0) is 20.7 Å². The predicted octanol–water partition coefficient (Wildman–Crippen LogP) is 0.634. The van der Waals surface area contributed by atoms with Crippen molar-refractivity contribution in [1.82, 2.24) is 4.90 Å². The summed E-state index contributed by atoms with van der Waals surface area (Å²) in [5.41, 5.74) is 8.21. The molecule has 5 nitrogen and oxygen atoms in total. The molecule has 2 amide bonds. The van der Waals surface area contributed by atoms with Gasteiger partial charge in [-0.2, -0.15) is 0 Å². The van der Waals surface area contributed by atoms with Gasteiger partial charge in [0.25, 0.3) is 11.8 Å². The van der Waals surface area contributed by atoms with Crippen molar-refractivity contribution in [2.75, 3.05) is 19.8 Å². The largest absolute Gasteiger partial charge is 0.362 e. The SMILES string of the molecule is CCc1ccc(C(N)CN2C(=O)COCC2=O)cc1. The summed E-state index contributed by atoms with van der Waals surface area (Å²) in [4.78, 5) is 24.4. The van der Waals surface area contributed by atoms with Crippen molar-refractivity contribution in [1.29, 1.82) is 0 Å². The number of carbonyl (C=O) groups is 2. The third-order valence-corrected chi connectivity index (χ3v) is 3.25. The lowest BCUT2D eigenvalue weighted by Crippen LogP contribution is -2.48. The molecule has 5 heteroatoms. The van der Waals surface area contributed by atoms with Gasteiger partial charge in [0.2, 0.25) is 0 Å². The normalized spacial score (nSPS) is 17.7. The van der Waals surface area contributed by atoms with E-state index in [1.165, 1.54) is 10.5 Å². The second-order valence-electron chi connectivity index (χ2n) is 4.59. The number of amides is 2. The first-order chi connectivity index (χ1) is 9.11. The molecular formula is C14H18N2O3. The van der Waals surface area contributed by atoms with Crippen LogP contribution in [0.3, 0.4) is 0 Å². The topological polar surface area (TPSA) is 72.6 Å². The molecule has 0 aliphatic carbocycles. The minimum atomic E-state index is -0.364. The molecule has 0 aromatic heterocycles. The summed E-state index contributed by atoms with van der Waals surface area (Å²) in [6, 6.07) is 7.55. The van der Waals surface area contributed by atoms with Crippen LogP contribution >= 0.6 is 0 Å². The molecule has 1 fully saturated rings. The van der Waals surface area contributed by atoms with E-state index in [1.54, 1.807) is 0 Å². The van der Waals surface area contributed by atoms with Crippen molar-refractivity contribution in [2.24, 2.45) is 5.73 Å². The molecule has 0 radical (unpaired) electrons. The number of aryl methyl sites for hydroxylation is 1. The highest BCUT2D eigenvalue weighted by Gasteiger charge is 2.28. The number of morpholine rings is 1. The summed E-state index contributed by atoms with van der Waals surface area (Å²) < 4.78 is 4.86. The number of hydrogen-bond donors (Lipinski definition) is 1. The third kappa shape index (κ3) is 3.19. The molecule has 0 bridgehead atoms. The number of benzene rings is 1. The van der Waals surface area contributed by atoms with E-state index in [1.807, 2.05) is 24.3 Å². The maximum atomic E-state index is 11.6. The quantitative estimate of drug-likeness (QED) is 0.808. The van der Waals surface area contributed by atoms with Gasteiger partial charge in [-0.25, -0.2) is 0 Å². The van der Waals surface area contributed by atoms with Crippen LogP contribution in [0.25, 0.3) is 0 Å². The zero-order valence-corrected chi connectivity index (χ0v) is 11.0. The van der Waals surface area contributed by atoms with Gasteiger partial charge in [0.1, 0.15) is 13.2 Å². The number of hydrogen-bond acceptors (Lipinski definition) is 4. The Kier molecular flexibility index (Phi) is 4.29. The molecule has 2 rings (SSSR count). The van der Waals surface area contributed by atoms with Gasteiger partial charge >= 0.3 is 0 Å². The zero-order chi connectivity index (χ0) is 13.8. The highest BCUT2D eigenvalue weighted by atomic mass is 16.5. The van der Waals surface area contributed by atoms with E-state index in [0.29, 0.717) is 0 Å². The van der Waals surface area contributed by atoms with E-state index in [2.05, 4.69) is 6.92 Å². The van der Waals surface area contributed by atoms with E-state index in [-0.39, 0.29) is 37.6 Å². The van der Waals surface area contributed by atoms with E-state index in [9.17, 15) is 9.59 Å². The van der Waals surface area contributed by atoms with Crippen LogP contribution in [0.2, 0.25) is 0 Å². The number of carbonyl (C=O) groups excluding carboxylic acids is 2. The van der Waals surface area contributed by atoms with Gasteiger partial charge in [-0.15, -0.1) is 0 Å². The van der Waals surface area contributed by atoms with Gasteiger partial charge in [0.15, 0.2) is 0 Å². The molecule has 1 aliphatic rings. The van der Waals surface area contributed by atoms with Gasteiger partial charge in [-0.3, -0.25) is 14.5 Å². The van der Waals surface area contributed by atoms with Crippen LogP contribution in [0.1, 0.15) is 24.1 Å². The fourth-order valence-corrected chi connectivity index (χ4v) is 2.03. The fraction of sp³-hybridized carbons (Fsp3) is 0.429. The molecule has 1 aliphatic heterocycles. The summed E-state index contributed by atoms with van der Waals surface area (Å²) in [6.07, 6.45) is 0.968. The van der Waals surface area contributed by atoms with Crippen LogP contribution in [0.4, 0.5) is 0 Å². The molecule has 19 heavy (non-hydrogen) atoms.